The van der Waals surface area contributed by atoms with Crippen LogP contribution in [0.3, 0.4) is 0 Å². The Hall–Kier alpha value is -3.10. The topological polar surface area (TPSA) is 108 Å². The number of carbonyl (C=O) groups excluding carboxylic acids is 4. The highest BCUT2D eigenvalue weighted by molar-refractivity contribution is 6.10. The average molecular weight is 402 g/mol. The van der Waals surface area contributed by atoms with Crippen LogP contribution in [0.2, 0.25) is 0 Å². The van der Waals surface area contributed by atoms with Gasteiger partial charge >= 0.3 is 6.03 Å². The molecule has 29 heavy (non-hydrogen) atoms. The van der Waals surface area contributed by atoms with Gasteiger partial charge in [0.1, 0.15) is 17.8 Å². The van der Waals surface area contributed by atoms with Crippen molar-refractivity contribution in [2.45, 2.75) is 44.6 Å². The number of urea groups is 1. The maximum Gasteiger partial charge on any atom is 0.327 e. The van der Waals surface area contributed by atoms with Gasteiger partial charge in [0.2, 0.25) is 11.8 Å². The van der Waals surface area contributed by atoms with Gasteiger partial charge in [-0.15, -0.1) is 0 Å². The molecule has 0 atom stereocenters. The van der Waals surface area contributed by atoms with E-state index >= 15 is 0 Å². The van der Waals surface area contributed by atoms with Crippen LogP contribution >= 0.6 is 0 Å². The van der Waals surface area contributed by atoms with Gasteiger partial charge in [0.05, 0.1) is 12.8 Å². The van der Waals surface area contributed by atoms with E-state index in [0.717, 1.165) is 24.2 Å². The summed E-state index contributed by atoms with van der Waals surface area (Å²) in [6.07, 6.45) is 4.06. The van der Waals surface area contributed by atoms with Gasteiger partial charge in [0.15, 0.2) is 0 Å². The molecule has 1 spiro atoms. The Balaban J connectivity index is 1.74. The molecule has 1 saturated carbocycles. The van der Waals surface area contributed by atoms with Crippen molar-refractivity contribution < 1.29 is 23.9 Å². The third-order valence-electron chi connectivity index (χ3n) is 5.58. The molecule has 2 fully saturated rings. The van der Waals surface area contributed by atoms with E-state index in [9.17, 15) is 19.2 Å². The van der Waals surface area contributed by atoms with Crippen LogP contribution in [-0.2, 0) is 14.4 Å². The molecule has 0 aromatic heterocycles. The van der Waals surface area contributed by atoms with Crippen LogP contribution in [0.25, 0.3) is 0 Å². The molecule has 5 amide bonds. The van der Waals surface area contributed by atoms with E-state index in [-0.39, 0.29) is 18.4 Å². The highest BCUT2D eigenvalue weighted by Crippen LogP contribution is 2.39. The predicted octanol–water partition coefficient (Wildman–Crippen LogP) is 2.19. The maximum absolute atomic E-state index is 13.0. The van der Waals surface area contributed by atoms with Crippen LogP contribution in [0.1, 0.15) is 39.0 Å². The molecule has 3 rings (SSSR count). The molecule has 1 saturated heterocycles. The number of imide groups is 1. The van der Waals surface area contributed by atoms with E-state index in [1.165, 1.54) is 18.9 Å². The summed E-state index contributed by atoms with van der Waals surface area (Å²) < 4.78 is 5.24. The fourth-order valence-electron chi connectivity index (χ4n) is 4.09. The normalized spacial score (nSPS) is 18.2. The highest BCUT2D eigenvalue weighted by atomic mass is 16.5. The Kier molecular flexibility index (Phi) is 5.76. The van der Waals surface area contributed by atoms with Crippen molar-refractivity contribution in [3.05, 3.63) is 18.2 Å². The number of nitrogens with zero attached hydrogens (tertiary/aromatic N) is 2. The van der Waals surface area contributed by atoms with Crippen LogP contribution in [0.5, 0.6) is 5.75 Å². The number of rotatable bonds is 5. The van der Waals surface area contributed by atoms with Crippen LogP contribution in [-0.4, -0.2) is 59.8 Å². The molecule has 9 nitrogen and oxygen atoms in total. The van der Waals surface area contributed by atoms with Gasteiger partial charge < -0.3 is 20.3 Å². The summed E-state index contributed by atoms with van der Waals surface area (Å²) in [7, 11) is 3.09. The first kappa shape index (κ1) is 20.6. The summed E-state index contributed by atoms with van der Waals surface area (Å²) in [5.74, 6) is -0.682. The number of hydrogen-bond donors (Lipinski definition) is 2. The maximum atomic E-state index is 13.0. The van der Waals surface area contributed by atoms with Crippen molar-refractivity contribution in [1.82, 2.24) is 9.80 Å². The number of nitrogens with one attached hydrogen (secondary N) is 2. The van der Waals surface area contributed by atoms with Gasteiger partial charge in [0, 0.05) is 19.7 Å². The molecule has 2 aliphatic rings. The smallest absolute Gasteiger partial charge is 0.327 e. The van der Waals surface area contributed by atoms with Crippen molar-refractivity contribution in [1.29, 1.82) is 0 Å². The number of anilines is 2. The lowest BCUT2D eigenvalue weighted by Gasteiger charge is -2.35. The lowest BCUT2D eigenvalue weighted by molar-refractivity contribution is -0.136. The molecule has 1 aliphatic carbocycles. The van der Waals surface area contributed by atoms with Gasteiger partial charge in [-0.3, -0.25) is 19.3 Å². The lowest BCUT2D eigenvalue weighted by Crippen LogP contribution is -2.49. The zero-order valence-corrected chi connectivity index (χ0v) is 16.9. The molecule has 0 bridgehead atoms. The van der Waals surface area contributed by atoms with Gasteiger partial charge in [-0.2, -0.15) is 0 Å². The quantitative estimate of drug-likeness (QED) is 0.734. The Morgan fingerprint density at radius 2 is 1.83 bits per heavy atom. The first-order valence-corrected chi connectivity index (χ1v) is 9.64. The molecule has 1 heterocycles. The number of ether oxygens (including phenoxy) is 1. The van der Waals surface area contributed by atoms with Crippen molar-refractivity contribution in [2.24, 2.45) is 0 Å². The SMILES string of the molecule is COc1ccc(NC(C)=O)cc1NC(=O)CN1C(=O)N(C)C2(CCCCC2)C1=O. The minimum Gasteiger partial charge on any atom is -0.495 e. The summed E-state index contributed by atoms with van der Waals surface area (Å²) in [4.78, 5) is 52.0. The number of likely N-dealkylation sites (N-methyl/N-ethyl adjacent to an activating group) is 1. The van der Waals surface area contributed by atoms with E-state index in [1.54, 1.807) is 25.2 Å². The Labute approximate surface area is 169 Å². The van der Waals surface area contributed by atoms with Crippen molar-refractivity contribution >= 4 is 35.1 Å². The van der Waals surface area contributed by atoms with Gasteiger partial charge in [-0.25, -0.2) is 4.79 Å². The van der Waals surface area contributed by atoms with Gasteiger partial charge in [0.25, 0.3) is 5.91 Å². The number of benzene rings is 1. The summed E-state index contributed by atoms with van der Waals surface area (Å²) >= 11 is 0. The molecular formula is C20H26N4O5. The Morgan fingerprint density at radius 1 is 1.14 bits per heavy atom. The van der Waals surface area contributed by atoms with Crippen molar-refractivity contribution in [2.75, 3.05) is 31.3 Å². The van der Waals surface area contributed by atoms with Crippen LogP contribution in [0.15, 0.2) is 18.2 Å². The fourth-order valence-corrected chi connectivity index (χ4v) is 4.09. The minimum atomic E-state index is -0.821. The molecule has 1 aliphatic heterocycles. The monoisotopic (exact) mass is 402 g/mol. The largest absolute Gasteiger partial charge is 0.495 e. The fraction of sp³-hybridized carbons (Fsp3) is 0.500. The molecule has 1 aromatic rings. The number of hydrogen-bond acceptors (Lipinski definition) is 5. The molecule has 2 N–H and O–H groups in total. The van der Waals surface area contributed by atoms with Crippen molar-refractivity contribution in [3.63, 3.8) is 0 Å². The molecule has 9 heteroatoms. The van der Waals surface area contributed by atoms with E-state index < -0.39 is 17.5 Å². The third-order valence-corrected chi connectivity index (χ3v) is 5.58. The highest BCUT2D eigenvalue weighted by Gasteiger charge is 2.55. The first-order valence-electron chi connectivity index (χ1n) is 9.64. The molecule has 0 radical (unpaired) electrons. The molecular weight excluding hydrogens is 376 g/mol. The third kappa shape index (κ3) is 3.90. The van der Waals surface area contributed by atoms with Crippen LogP contribution in [0, 0.1) is 0 Å². The Bertz CT molecular complexity index is 847. The van der Waals surface area contributed by atoms with E-state index in [0.29, 0.717) is 30.0 Å². The zero-order valence-electron chi connectivity index (χ0n) is 16.9. The van der Waals surface area contributed by atoms with E-state index in [4.69, 9.17) is 4.74 Å². The number of methoxy groups -OCH3 is 1. The zero-order chi connectivity index (χ0) is 21.2. The first-order chi connectivity index (χ1) is 13.8. The number of amides is 5. The molecule has 0 unspecified atom stereocenters. The molecule has 156 valence electrons. The summed E-state index contributed by atoms with van der Waals surface area (Å²) in [5, 5.41) is 5.30. The van der Waals surface area contributed by atoms with Crippen LogP contribution < -0.4 is 15.4 Å². The predicted molar refractivity (Wildman–Crippen MR) is 107 cm³/mol. The lowest BCUT2D eigenvalue weighted by atomic mass is 9.81. The summed E-state index contributed by atoms with van der Waals surface area (Å²) in [6.45, 7) is 1.00. The summed E-state index contributed by atoms with van der Waals surface area (Å²) in [6, 6.07) is 4.36. The van der Waals surface area contributed by atoms with E-state index in [1.807, 2.05) is 0 Å². The average Bonchev–Trinajstić information content (AvgIpc) is 2.85. The summed E-state index contributed by atoms with van der Waals surface area (Å²) in [5.41, 5.74) is 0.00456. The van der Waals surface area contributed by atoms with Crippen molar-refractivity contribution in [3.8, 4) is 5.75 Å². The minimum absolute atomic E-state index is 0.249. The van der Waals surface area contributed by atoms with Crippen LogP contribution in [0.4, 0.5) is 16.2 Å². The second-order valence-electron chi connectivity index (χ2n) is 7.47. The number of carbonyl (C=O) groups is 4. The Morgan fingerprint density at radius 3 is 2.45 bits per heavy atom. The van der Waals surface area contributed by atoms with Gasteiger partial charge in [-0.05, 0) is 31.0 Å². The second-order valence-corrected chi connectivity index (χ2v) is 7.47. The van der Waals surface area contributed by atoms with E-state index in [2.05, 4.69) is 10.6 Å². The van der Waals surface area contributed by atoms with Gasteiger partial charge in [-0.1, -0.05) is 19.3 Å². The second kappa shape index (κ2) is 8.10. The molecule has 1 aromatic carbocycles. The standard InChI is InChI=1S/C20H26N4O5/c1-13(25)21-14-7-8-16(29-3)15(11-14)22-17(26)12-24-18(27)20(23(2)19(24)28)9-5-4-6-10-20/h7-8,11H,4-6,9-10,12H2,1-3H3,(H,21,25)(H,22,26).